The smallest absolute Gasteiger partial charge is 0.289 e. The van der Waals surface area contributed by atoms with Crippen molar-refractivity contribution in [3.05, 3.63) is 47.8 Å². The van der Waals surface area contributed by atoms with Crippen molar-refractivity contribution in [3.63, 3.8) is 0 Å². The molecule has 1 aliphatic rings. The molecule has 0 spiro atoms. The van der Waals surface area contributed by atoms with Crippen molar-refractivity contribution in [1.82, 2.24) is 9.97 Å². The van der Waals surface area contributed by atoms with Gasteiger partial charge in [-0.3, -0.25) is 0 Å². The van der Waals surface area contributed by atoms with Gasteiger partial charge in [0.2, 0.25) is 0 Å². The van der Waals surface area contributed by atoms with Crippen molar-refractivity contribution < 1.29 is 23.4 Å². The lowest BCUT2D eigenvalue weighted by Gasteiger charge is -2.30. The molecule has 4 rings (SSSR count). The number of unbranched alkanes of at least 4 members (excludes halogenated alkanes) is 1. The van der Waals surface area contributed by atoms with Crippen molar-refractivity contribution in [1.29, 1.82) is 5.26 Å². The fourth-order valence-corrected chi connectivity index (χ4v) is 3.46. The molecule has 8 nitrogen and oxygen atoms in total. The van der Waals surface area contributed by atoms with Crippen LogP contribution in [0.5, 0.6) is 11.5 Å². The summed E-state index contributed by atoms with van der Waals surface area (Å²) in [5.74, 6) is -2.09. The summed E-state index contributed by atoms with van der Waals surface area (Å²) in [6.07, 6.45) is 4.88. The minimum atomic E-state index is -0.902. The minimum Gasteiger partial charge on any atom is -0.464 e. The lowest BCUT2D eigenvalue weighted by Crippen LogP contribution is -2.38. The van der Waals surface area contributed by atoms with Gasteiger partial charge in [0.15, 0.2) is 17.4 Å². The number of hydrogen-bond acceptors (Lipinski definition) is 7. The Kier molecular flexibility index (Phi) is 6.42. The van der Waals surface area contributed by atoms with E-state index in [0.29, 0.717) is 36.8 Å². The zero-order chi connectivity index (χ0) is 23.4. The second kappa shape index (κ2) is 9.42. The summed E-state index contributed by atoms with van der Waals surface area (Å²) in [7, 11) is 0. The molecule has 1 unspecified atom stereocenters. The Hall–Kier alpha value is -3.71. The van der Waals surface area contributed by atoms with E-state index in [4.69, 9.17) is 14.7 Å². The third-order valence-corrected chi connectivity index (χ3v) is 5.36. The molecule has 0 bridgehead atoms. The normalized spacial score (nSPS) is 17.8. The van der Waals surface area contributed by atoms with E-state index < -0.39 is 22.8 Å². The third kappa shape index (κ3) is 4.88. The van der Waals surface area contributed by atoms with Gasteiger partial charge in [-0.2, -0.15) is 5.26 Å². The van der Waals surface area contributed by atoms with Gasteiger partial charge in [-0.25, -0.2) is 18.8 Å². The number of ether oxygens (including phenoxy) is 2. The van der Waals surface area contributed by atoms with Gasteiger partial charge in [0.05, 0.1) is 24.6 Å². The van der Waals surface area contributed by atoms with E-state index in [9.17, 15) is 13.9 Å². The molecule has 3 aromatic rings. The van der Waals surface area contributed by atoms with Gasteiger partial charge in [0.25, 0.3) is 6.02 Å². The highest BCUT2D eigenvalue weighted by atomic mass is 19.1. The van der Waals surface area contributed by atoms with Gasteiger partial charge in [-0.1, -0.05) is 6.92 Å². The third-order valence-electron chi connectivity index (χ3n) is 5.36. The maximum atomic E-state index is 14.8. The standard InChI is InChI=1S/C23H23F2N5O3/c1-23(12-31)11-29-22(32-13-23)30-15-8-16(24)20(17(25)9-15)33-18-5-7-27-21-19(18)14(10-28-21)4-2-3-6-26/h5,7-10,31H,2-4,11-13H2,1H3,(H,27,28)(H,29,30). The molecule has 0 radical (unpaired) electrons. The van der Waals surface area contributed by atoms with Crippen LogP contribution in [0.15, 0.2) is 35.6 Å². The molecule has 3 N–H and O–H groups in total. The minimum absolute atomic E-state index is 0.0808. The van der Waals surface area contributed by atoms with E-state index in [1.807, 2.05) is 6.92 Å². The van der Waals surface area contributed by atoms with E-state index in [-0.39, 0.29) is 30.7 Å². The molecule has 33 heavy (non-hydrogen) atoms. The molecule has 0 saturated carbocycles. The predicted octanol–water partition coefficient (Wildman–Crippen LogP) is 4.28. The number of H-pyrrole nitrogens is 1. The van der Waals surface area contributed by atoms with E-state index in [0.717, 1.165) is 17.7 Å². The van der Waals surface area contributed by atoms with Crippen molar-refractivity contribution in [2.75, 3.05) is 25.1 Å². The Labute approximate surface area is 188 Å². The highest BCUT2D eigenvalue weighted by Gasteiger charge is 2.29. The Morgan fingerprint density at radius 3 is 2.82 bits per heavy atom. The lowest BCUT2D eigenvalue weighted by atomic mass is 9.93. The molecule has 3 heterocycles. The first-order valence-corrected chi connectivity index (χ1v) is 10.5. The van der Waals surface area contributed by atoms with Crippen molar-refractivity contribution in [3.8, 4) is 17.6 Å². The van der Waals surface area contributed by atoms with Crippen molar-refractivity contribution >= 4 is 22.7 Å². The number of aromatic nitrogens is 2. The fourth-order valence-electron chi connectivity index (χ4n) is 3.46. The molecule has 10 heteroatoms. The molecule has 0 amide bonds. The number of rotatable bonds is 7. The monoisotopic (exact) mass is 455 g/mol. The molecule has 0 saturated heterocycles. The molecule has 0 aliphatic carbocycles. The first kappa shape index (κ1) is 22.5. The van der Waals surface area contributed by atoms with Gasteiger partial charge in [0.1, 0.15) is 18.0 Å². The fraction of sp³-hybridized carbons (Fsp3) is 0.348. The average Bonchev–Trinajstić information content (AvgIpc) is 3.22. The summed E-state index contributed by atoms with van der Waals surface area (Å²) >= 11 is 0. The number of aromatic amines is 1. The molecule has 1 atom stereocenters. The van der Waals surface area contributed by atoms with E-state index >= 15 is 0 Å². The highest BCUT2D eigenvalue weighted by Crippen LogP contribution is 2.35. The largest absolute Gasteiger partial charge is 0.464 e. The second-order valence-electron chi connectivity index (χ2n) is 8.23. The number of aliphatic imine (C=N–C) groups is 1. The number of aliphatic hydroxyl groups is 1. The topological polar surface area (TPSA) is 116 Å². The number of benzene rings is 1. The Balaban J connectivity index is 1.56. The number of pyridine rings is 1. The Bertz CT molecular complexity index is 1210. The zero-order valence-electron chi connectivity index (χ0n) is 18.0. The number of anilines is 1. The number of amidine groups is 1. The molecule has 172 valence electrons. The number of aliphatic hydroxyl groups excluding tert-OH is 1. The van der Waals surface area contributed by atoms with E-state index in [2.05, 4.69) is 26.3 Å². The number of nitrogens with zero attached hydrogens (tertiary/aromatic N) is 3. The van der Waals surface area contributed by atoms with Crippen LogP contribution in [0.3, 0.4) is 0 Å². The van der Waals surface area contributed by atoms with Crippen LogP contribution in [-0.2, 0) is 11.2 Å². The molecule has 1 aliphatic heterocycles. The number of hydrogen-bond donors (Lipinski definition) is 3. The van der Waals surface area contributed by atoms with Crippen LogP contribution in [0, 0.1) is 28.4 Å². The van der Waals surface area contributed by atoms with Gasteiger partial charge in [0, 0.05) is 42.0 Å². The first-order valence-electron chi connectivity index (χ1n) is 10.5. The summed E-state index contributed by atoms with van der Waals surface area (Å²) in [6.45, 7) is 2.30. The summed E-state index contributed by atoms with van der Waals surface area (Å²) in [5.41, 5.74) is 1.01. The summed E-state index contributed by atoms with van der Waals surface area (Å²) in [6, 6.07) is 5.94. The van der Waals surface area contributed by atoms with Crippen LogP contribution >= 0.6 is 0 Å². The first-order chi connectivity index (χ1) is 15.9. The maximum absolute atomic E-state index is 14.8. The lowest BCUT2D eigenvalue weighted by molar-refractivity contribution is 0.0706. The molecular formula is C23H23F2N5O3. The van der Waals surface area contributed by atoms with Crippen molar-refractivity contribution in [2.45, 2.75) is 26.2 Å². The Morgan fingerprint density at radius 1 is 1.36 bits per heavy atom. The number of nitrogens with one attached hydrogen (secondary N) is 2. The number of fused-ring (bicyclic) bond motifs is 1. The predicted molar refractivity (Wildman–Crippen MR) is 118 cm³/mol. The molecule has 1 aromatic carbocycles. The number of halogens is 2. The van der Waals surface area contributed by atoms with Crippen LogP contribution in [0.1, 0.15) is 25.3 Å². The van der Waals surface area contributed by atoms with Gasteiger partial charge in [-0.05, 0) is 24.5 Å². The van der Waals surface area contributed by atoms with Crippen LogP contribution in [0.2, 0.25) is 0 Å². The summed E-state index contributed by atoms with van der Waals surface area (Å²) in [4.78, 5) is 11.4. The van der Waals surface area contributed by atoms with Gasteiger partial charge >= 0.3 is 0 Å². The van der Waals surface area contributed by atoms with Gasteiger partial charge < -0.3 is 24.9 Å². The average molecular weight is 455 g/mol. The number of aryl methyl sites for hydroxylation is 1. The van der Waals surface area contributed by atoms with Crippen LogP contribution in [0.25, 0.3) is 11.0 Å². The Morgan fingerprint density at radius 2 is 2.15 bits per heavy atom. The molecular weight excluding hydrogens is 432 g/mol. The SMILES string of the molecule is CC1(CO)CN=C(Nc2cc(F)c(Oc3ccnc4[nH]cc(CCCC#N)c34)c(F)c2)OC1. The maximum Gasteiger partial charge on any atom is 0.289 e. The summed E-state index contributed by atoms with van der Waals surface area (Å²) in [5, 5.41) is 21.5. The zero-order valence-corrected chi connectivity index (χ0v) is 18.0. The van der Waals surface area contributed by atoms with Crippen LogP contribution < -0.4 is 10.1 Å². The van der Waals surface area contributed by atoms with Crippen LogP contribution in [0.4, 0.5) is 14.5 Å². The van der Waals surface area contributed by atoms with Crippen molar-refractivity contribution in [2.24, 2.45) is 10.4 Å². The second-order valence-corrected chi connectivity index (χ2v) is 8.23. The highest BCUT2D eigenvalue weighted by molar-refractivity contribution is 5.89. The van der Waals surface area contributed by atoms with E-state index in [1.54, 1.807) is 6.20 Å². The van der Waals surface area contributed by atoms with Crippen LogP contribution in [-0.4, -0.2) is 40.9 Å². The quantitative estimate of drug-likeness (QED) is 0.458. The van der Waals surface area contributed by atoms with E-state index in [1.165, 1.54) is 12.3 Å². The van der Waals surface area contributed by atoms with Gasteiger partial charge in [-0.15, -0.1) is 0 Å². The summed E-state index contributed by atoms with van der Waals surface area (Å²) < 4.78 is 40.8. The molecule has 2 aromatic heterocycles. The number of nitriles is 1. The molecule has 0 fully saturated rings.